The van der Waals surface area contributed by atoms with Crippen LogP contribution >= 0.6 is 0 Å². The first-order valence-electron chi connectivity index (χ1n) is 6.74. The van der Waals surface area contributed by atoms with Crippen molar-refractivity contribution in [2.45, 2.75) is 52.5 Å². The smallest absolute Gasteiger partial charge is 0.323 e. The number of rotatable bonds is 5. The number of hydrogen-bond donors (Lipinski definition) is 2. The van der Waals surface area contributed by atoms with Crippen LogP contribution in [0.1, 0.15) is 49.8 Å². The van der Waals surface area contributed by atoms with E-state index in [4.69, 9.17) is 10.8 Å². The number of aryl methyl sites for hydroxylation is 2. The van der Waals surface area contributed by atoms with Crippen LogP contribution in [0.25, 0.3) is 0 Å². The van der Waals surface area contributed by atoms with Crippen LogP contribution in [0, 0.1) is 19.8 Å². The van der Waals surface area contributed by atoms with Gasteiger partial charge in [0, 0.05) is 0 Å². The van der Waals surface area contributed by atoms with Gasteiger partial charge in [-0.1, -0.05) is 32.0 Å². The molecule has 3 N–H and O–H groups in total. The molecular weight excluding hydrogens is 238 g/mol. The van der Waals surface area contributed by atoms with Crippen LogP contribution in [0.15, 0.2) is 18.2 Å². The second-order valence-corrected chi connectivity index (χ2v) is 6.04. The molecule has 0 fully saturated rings. The Labute approximate surface area is 115 Å². The van der Waals surface area contributed by atoms with E-state index in [1.165, 1.54) is 16.7 Å². The largest absolute Gasteiger partial charge is 0.480 e. The number of benzene rings is 1. The standard InChI is InChI=1S/C16H25NO2/c1-10-6-7-14(8-11(10)2)13(4)12(3)9-16(5,17)15(18)19/h6-8,12-13H,9,17H2,1-5H3,(H,18,19). The molecule has 0 aliphatic heterocycles. The van der Waals surface area contributed by atoms with Gasteiger partial charge in [-0.15, -0.1) is 0 Å². The van der Waals surface area contributed by atoms with Crippen LogP contribution in [0.3, 0.4) is 0 Å². The summed E-state index contributed by atoms with van der Waals surface area (Å²) in [6.45, 7) is 9.97. The van der Waals surface area contributed by atoms with Crippen molar-refractivity contribution in [1.29, 1.82) is 0 Å². The van der Waals surface area contributed by atoms with Crippen LogP contribution in [0.4, 0.5) is 0 Å². The Balaban J connectivity index is 2.85. The van der Waals surface area contributed by atoms with Gasteiger partial charge in [0.2, 0.25) is 0 Å². The van der Waals surface area contributed by atoms with Gasteiger partial charge < -0.3 is 10.8 Å². The van der Waals surface area contributed by atoms with Gasteiger partial charge >= 0.3 is 5.97 Å². The molecule has 0 aromatic heterocycles. The zero-order valence-corrected chi connectivity index (χ0v) is 12.5. The second-order valence-electron chi connectivity index (χ2n) is 6.04. The maximum absolute atomic E-state index is 11.1. The Bertz CT molecular complexity index is 466. The Morgan fingerprint density at radius 2 is 1.89 bits per heavy atom. The highest BCUT2D eigenvalue weighted by Crippen LogP contribution is 2.30. The molecule has 3 heteroatoms. The monoisotopic (exact) mass is 263 g/mol. The summed E-state index contributed by atoms with van der Waals surface area (Å²) in [5.41, 5.74) is 8.46. The van der Waals surface area contributed by atoms with Gasteiger partial charge in [0.25, 0.3) is 0 Å². The lowest BCUT2D eigenvalue weighted by molar-refractivity contribution is -0.143. The summed E-state index contributed by atoms with van der Waals surface area (Å²) in [5.74, 6) is -0.429. The van der Waals surface area contributed by atoms with Gasteiger partial charge in [-0.05, 0) is 55.7 Å². The molecule has 0 amide bonds. The molecule has 0 aliphatic rings. The first-order chi connectivity index (χ1) is 8.65. The maximum Gasteiger partial charge on any atom is 0.323 e. The van der Waals surface area contributed by atoms with Crippen molar-refractivity contribution in [2.75, 3.05) is 0 Å². The highest BCUT2D eigenvalue weighted by Gasteiger charge is 2.31. The number of aliphatic carboxylic acids is 1. The van der Waals surface area contributed by atoms with E-state index in [1.807, 2.05) is 0 Å². The van der Waals surface area contributed by atoms with Gasteiger partial charge in [0.1, 0.15) is 5.54 Å². The normalized spacial score (nSPS) is 17.6. The van der Waals surface area contributed by atoms with Crippen LogP contribution in [0.2, 0.25) is 0 Å². The van der Waals surface area contributed by atoms with Crippen LogP contribution in [-0.4, -0.2) is 16.6 Å². The van der Waals surface area contributed by atoms with Crippen LogP contribution in [-0.2, 0) is 4.79 Å². The zero-order valence-electron chi connectivity index (χ0n) is 12.5. The Kier molecular flexibility index (Phi) is 4.75. The fourth-order valence-corrected chi connectivity index (χ4v) is 2.31. The predicted octanol–water partition coefficient (Wildman–Crippen LogP) is 3.24. The van der Waals surface area contributed by atoms with Gasteiger partial charge in [-0.2, -0.15) is 0 Å². The first kappa shape index (κ1) is 15.7. The van der Waals surface area contributed by atoms with Crippen LogP contribution < -0.4 is 5.73 Å². The molecule has 106 valence electrons. The van der Waals surface area contributed by atoms with Gasteiger partial charge in [-0.3, -0.25) is 4.79 Å². The SMILES string of the molecule is Cc1ccc(C(C)C(C)CC(C)(N)C(=O)O)cc1C. The summed E-state index contributed by atoms with van der Waals surface area (Å²) < 4.78 is 0. The molecule has 0 heterocycles. The third-order valence-electron chi connectivity index (χ3n) is 4.14. The molecule has 3 atom stereocenters. The summed E-state index contributed by atoms with van der Waals surface area (Å²) in [7, 11) is 0. The minimum atomic E-state index is -1.16. The van der Waals surface area contributed by atoms with E-state index >= 15 is 0 Å². The Morgan fingerprint density at radius 3 is 2.37 bits per heavy atom. The molecule has 0 spiro atoms. The third-order valence-corrected chi connectivity index (χ3v) is 4.14. The highest BCUT2D eigenvalue weighted by atomic mass is 16.4. The summed E-state index contributed by atoms with van der Waals surface area (Å²) in [6.07, 6.45) is 0.469. The topological polar surface area (TPSA) is 63.3 Å². The maximum atomic E-state index is 11.1. The summed E-state index contributed by atoms with van der Waals surface area (Å²) in [6, 6.07) is 6.43. The van der Waals surface area contributed by atoms with E-state index in [1.54, 1.807) is 6.92 Å². The third kappa shape index (κ3) is 3.80. The lowest BCUT2D eigenvalue weighted by Crippen LogP contribution is -2.46. The van der Waals surface area contributed by atoms with Gasteiger partial charge in [0.05, 0.1) is 0 Å². The second kappa shape index (κ2) is 5.74. The van der Waals surface area contributed by atoms with Crippen molar-refractivity contribution in [3.63, 3.8) is 0 Å². The van der Waals surface area contributed by atoms with Gasteiger partial charge in [0.15, 0.2) is 0 Å². The van der Waals surface area contributed by atoms with Crippen molar-refractivity contribution in [3.05, 3.63) is 34.9 Å². The number of nitrogens with two attached hydrogens (primary N) is 1. The van der Waals surface area contributed by atoms with E-state index in [-0.39, 0.29) is 5.92 Å². The molecule has 1 aromatic rings. The Morgan fingerprint density at radius 1 is 1.32 bits per heavy atom. The molecular formula is C16H25NO2. The van der Waals surface area contributed by atoms with Crippen LogP contribution in [0.5, 0.6) is 0 Å². The summed E-state index contributed by atoms with van der Waals surface area (Å²) in [4.78, 5) is 11.1. The molecule has 0 saturated heterocycles. The molecule has 0 bridgehead atoms. The number of carbonyl (C=O) groups is 1. The molecule has 1 aromatic carbocycles. The van der Waals surface area contributed by atoms with Crippen molar-refractivity contribution >= 4 is 5.97 Å². The predicted molar refractivity (Wildman–Crippen MR) is 78.3 cm³/mol. The highest BCUT2D eigenvalue weighted by molar-refractivity contribution is 5.77. The van der Waals surface area contributed by atoms with Crippen molar-refractivity contribution in [3.8, 4) is 0 Å². The van der Waals surface area contributed by atoms with E-state index in [0.717, 1.165) is 0 Å². The zero-order chi connectivity index (χ0) is 14.8. The van der Waals surface area contributed by atoms with Crippen molar-refractivity contribution in [2.24, 2.45) is 11.7 Å². The van der Waals surface area contributed by atoms with E-state index in [0.29, 0.717) is 12.3 Å². The van der Waals surface area contributed by atoms with E-state index in [2.05, 4.69) is 45.9 Å². The number of carboxylic acids is 1. The van der Waals surface area contributed by atoms with Crippen molar-refractivity contribution in [1.82, 2.24) is 0 Å². The average molecular weight is 263 g/mol. The van der Waals surface area contributed by atoms with Gasteiger partial charge in [-0.25, -0.2) is 0 Å². The lowest BCUT2D eigenvalue weighted by atomic mass is 9.80. The molecule has 19 heavy (non-hydrogen) atoms. The fraction of sp³-hybridized carbons (Fsp3) is 0.562. The summed E-state index contributed by atoms with van der Waals surface area (Å²) in [5, 5.41) is 9.10. The minimum absolute atomic E-state index is 0.216. The Hall–Kier alpha value is -1.35. The fourth-order valence-electron chi connectivity index (χ4n) is 2.31. The molecule has 0 aliphatic carbocycles. The molecule has 3 nitrogen and oxygen atoms in total. The number of hydrogen-bond acceptors (Lipinski definition) is 2. The lowest BCUT2D eigenvalue weighted by Gasteiger charge is -2.28. The van der Waals surface area contributed by atoms with Crippen molar-refractivity contribution < 1.29 is 9.90 Å². The molecule has 1 rings (SSSR count). The number of carboxylic acid groups (broad SMARTS) is 1. The first-order valence-corrected chi connectivity index (χ1v) is 6.74. The molecule has 0 radical (unpaired) electrons. The summed E-state index contributed by atoms with van der Waals surface area (Å²) >= 11 is 0. The molecule has 0 saturated carbocycles. The average Bonchev–Trinajstić information content (AvgIpc) is 2.31. The van der Waals surface area contributed by atoms with E-state index in [9.17, 15) is 4.79 Å². The minimum Gasteiger partial charge on any atom is -0.480 e. The quantitative estimate of drug-likeness (QED) is 0.857. The van der Waals surface area contributed by atoms with E-state index < -0.39 is 11.5 Å². The molecule has 3 unspecified atom stereocenters.